The first-order chi connectivity index (χ1) is 5.92. The second-order valence-corrected chi connectivity index (χ2v) is 3.78. The van der Waals surface area contributed by atoms with Crippen molar-refractivity contribution in [1.82, 2.24) is 4.98 Å². The third kappa shape index (κ3) is 2.96. The minimum Gasteiger partial charge on any atom is -0.326 e. The number of hydrogen-bond donors (Lipinski definition) is 1. The van der Waals surface area contributed by atoms with E-state index in [0.717, 1.165) is 16.2 Å². The number of hydrogen-bond acceptors (Lipinski definition) is 3. The first-order valence-corrected chi connectivity index (χ1v) is 4.46. The van der Waals surface area contributed by atoms with Gasteiger partial charge in [-0.3, -0.25) is 0 Å². The van der Waals surface area contributed by atoms with Crippen LogP contribution < -0.4 is 5.73 Å². The van der Waals surface area contributed by atoms with Crippen molar-refractivity contribution in [2.24, 2.45) is 5.73 Å². The molecule has 0 saturated heterocycles. The quantitative estimate of drug-likeness (QED) is 0.811. The number of aromatic nitrogens is 1. The molecule has 0 aromatic carbocycles. The van der Waals surface area contributed by atoms with Crippen molar-refractivity contribution in [2.45, 2.75) is 26.1 Å². The van der Waals surface area contributed by atoms with Crippen LogP contribution in [0.25, 0.3) is 0 Å². The van der Waals surface area contributed by atoms with Gasteiger partial charge in [0.1, 0.15) is 5.01 Å². The molecule has 0 saturated carbocycles. The maximum Gasteiger partial charge on any atom is 0.395 e. The van der Waals surface area contributed by atoms with Gasteiger partial charge in [-0.2, -0.15) is 13.2 Å². The van der Waals surface area contributed by atoms with Gasteiger partial charge in [0.15, 0.2) is 0 Å². The smallest absolute Gasteiger partial charge is 0.326 e. The number of thiazole rings is 1. The molecule has 1 aromatic heterocycles. The molecule has 0 aliphatic carbocycles. The van der Waals surface area contributed by atoms with Gasteiger partial charge in [0, 0.05) is 11.4 Å². The second-order valence-electron chi connectivity index (χ2n) is 2.61. The topological polar surface area (TPSA) is 38.9 Å². The number of nitrogens with zero attached hydrogens (tertiary/aromatic N) is 1. The summed E-state index contributed by atoms with van der Waals surface area (Å²) < 4.78 is 35.8. The molecule has 1 heterocycles. The van der Waals surface area contributed by atoms with Crippen molar-refractivity contribution in [2.75, 3.05) is 0 Å². The van der Waals surface area contributed by atoms with E-state index in [4.69, 9.17) is 5.73 Å². The molecule has 0 spiro atoms. The molecule has 6 heteroatoms. The Morgan fingerprint density at radius 3 is 2.46 bits per heavy atom. The normalized spacial score (nSPS) is 12.1. The Labute approximate surface area is 77.6 Å². The zero-order valence-corrected chi connectivity index (χ0v) is 7.80. The second kappa shape index (κ2) is 3.63. The van der Waals surface area contributed by atoms with Crippen LogP contribution in [0, 0.1) is 6.92 Å². The van der Waals surface area contributed by atoms with Crippen LogP contribution >= 0.6 is 11.3 Å². The maximum atomic E-state index is 11.9. The lowest BCUT2D eigenvalue weighted by molar-refractivity contribution is -0.127. The molecular weight excluding hydrogens is 201 g/mol. The van der Waals surface area contributed by atoms with Gasteiger partial charge in [0.05, 0.1) is 12.1 Å². The molecule has 74 valence electrons. The molecule has 0 aliphatic rings. The molecule has 1 rings (SSSR count). The van der Waals surface area contributed by atoms with E-state index in [1.54, 1.807) is 6.92 Å². The molecule has 0 fully saturated rings. The van der Waals surface area contributed by atoms with Crippen LogP contribution in [0.3, 0.4) is 0 Å². The number of alkyl halides is 3. The van der Waals surface area contributed by atoms with E-state index in [1.807, 2.05) is 0 Å². The van der Waals surface area contributed by atoms with Gasteiger partial charge < -0.3 is 5.73 Å². The highest BCUT2D eigenvalue weighted by molar-refractivity contribution is 7.11. The third-order valence-electron chi connectivity index (χ3n) is 1.47. The van der Waals surface area contributed by atoms with Crippen LogP contribution in [0.15, 0.2) is 0 Å². The van der Waals surface area contributed by atoms with Crippen molar-refractivity contribution >= 4 is 11.3 Å². The lowest BCUT2D eigenvalue weighted by atomic mass is 10.4. The summed E-state index contributed by atoms with van der Waals surface area (Å²) in [6, 6.07) is 0. The molecule has 2 N–H and O–H groups in total. The Morgan fingerprint density at radius 1 is 1.46 bits per heavy atom. The number of rotatable bonds is 2. The Bertz CT molecular complexity index is 292. The van der Waals surface area contributed by atoms with Crippen LogP contribution in [0.5, 0.6) is 0 Å². The Balaban J connectivity index is 2.80. The molecule has 0 radical (unpaired) electrons. The first kappa shape index (κ1) is 10.5. The Hall–Kier alpha value is -0.620. The van der Waals surface area contributed by atoms with Gasteiger partial charge in [0.2, 0.25) is 0 Å². The number of nitrogens with two attached hydrogens (primary N) is 1. The maximum absolute atomic E-state index is 11.9. The third-order valence-corrected chi connectivity index (χ3v) is 2.65. The average molecular weight is 210 g/mol. The summed E-state index contributed by atoms with van der Waals surface area (Å²) in [5.41, 5.74) is 5.92. The van der Waals surface area contributed by atoms with Crippen LogP contribution in [0.4, 0.5) is 13.2 Å². The first-order valence-electron chi connectivity index (χ1n) is 3.64. The predicted octanol–water partition coefficient (Wildman–Crippen LogP) is 2.02. The average Bonchev–Trinajstić information content (AvgIpc) is 2.26. The fourth-order valence-electron chi connectivity index (χ4n) is 0.925. The van der Waals surface area contributed by atoms with Gasteiger partial charge in [-0.15, -0.1) is 11.3 Å². The molecular formula is C7H9F3N2S. The van der Waals surface area contributed by atoms with E-state index in [-0.39, 0.29) is 11.6 Å². The summed E-state index contributed by atoms with van der Waals surface area (Å²) in [4.78, 5) is 4.51. The van der Waals surface area contributed by atoms with E-state index in [1.165, 1.54) is 0 Å². The van der Waals surface area contributed by atoms with Crippen molar-refractivity contribution in [3.8, 4) is 0 Å². The molecule has 1 aromatic rings. The SMILES string of the molecule is Cc1nc(CC(F)(F)F)sc1CN. The van der Waals surface area contributed by atoms with Gasteiger partial charge in [-0.05, 0) is 6.92 Å². The predicted molar refractivity (Wildman–Crippen MR) is 44.5 cm³/mol. The lowest BCUT2D eigenvalue weighted by Crippen LogP contribution is -2.11. The highest BCUT2D eigenvalue weighted by atomic mass is 32.1. The van der Waals surface area contributed by atoms with Crippen molar-refractivity contribution in [3.63, 3.8) is 0 Å². The molecule has 0 amide bonds. The molecule has 0 bridgehead atoms. The number of halogens is 3. The van der Waals surface area contributed by atoms with Crippen LogP contribution in [-0.4, -0.2) is 11.2 Å². The van der Waals surface area contributed by atoms with Gasteiger partial charge in [0.25, 0.3) is 0 Å². The van der Waals surface area contributed by atoms with E-state index < -0.39 is 12.6 Å². The summed E-state index contributed by atoms with van der Waals surface area (Å²) in [6.45, 7) is 1.92. The highest BCUT2D eigenvalue weighted by Crippen LogP contribution is 2.25. The van der Waals surface area contributed by atoms with Gasteiger partial charge in [-0.1, -0.05) is 0 Å². The summed E-state index contributed by atoms with van der Waals surface area (Å²) >= 11 is 1.03. The summed E-state index contributed by atoms with van der Waals surface area (Å²) in [7, 11) is 0. The van der Waals surface area contributed by atoms with Crippen LogP contribution in [0.2, 0.25) is 0 Å². The summed E-state index contributed by atoms with van der Waals surface area (Å²) in [5.74, 6) is 0. The largest absolute Gasteiger partial charge is 0.395 e. The van der Waals surface area contributed by atoms with Crippen molar-refractivity contribution < 1.29 is 13.2 Å². The minimum atomic E-state index is -4.18. The molecule has 0 unspecified atom stereocenters. The van der Waals surface area contributed by atoms with Crippen molar-refractivity contribution in [3.05, 3.63) is 15.6 Å². The fourth-order valence-corrected chi connectivity index (χ4v) is 1.90. The van der Waals surface area contributed by atoms with E-state index >= 15 is 0 Å². The van der Waals surface area contributed by atoms with E-state index in [0.29, 0.717) is 5.69 Å². The lowest BCUT2D eigenvalue weighted by Gasteiger charge is -2.01. The summed E-state index contributed by atoms with van der Waals surface area (Å²) in [5, 5.41) is 0.0884. The molecule has 2 nitrogen and oxygen atoms in total. The highest BCUT2D eigenvalue weighted by Gasteiger charge is 2.29. The molecule has 13 heavy (non-hydrogen) atoms. The molecule has 0 atom stereocenters. The van der Waals surface area contributed by atoms with Gasteiger partial charge >= 0.3 is 6.18 Å². The summed E-state index contributed by atoms with van der Waals surface area (Å²) in [6.07, 6.45) is -5.14. The fraction of sp³-hybridized carbons (Fsp3) is 0.571. The standard InChI is InChI=1S/C7H9F3N2S/c1-4-5(3-11)13-6(12-4)2-7(8,9)10/h2-3,11H2,1H3. The van der Waals surface area contributed by atoms with E-state index in [9.17, 15) is 13.2 Å². The monoisotopic (exact) mass is 210 g/mol. The minimum absolute atomic E-state index is 0.0884. The Kier molecular flexibility index (Phi) is 2.92. The Morgan fingerprint density at radius 2 is 2.08 bits per heavy atom. The van der Waals surface area contributed by atoms with Crippen molar-refractivity contribution in [1.29, 1.82) is 0 Å². The van der Waals surface area contributed by atoms with Crippen LogP contribution in [-0.2, 0) is 13.0 Å². The molecule has 0 aliphatic heterocycles. The van der Waals surface area contributed by atoms with E-state index in [2.05, 4.69) is 4.98 Å². The van der Waals surface area contributed by atoms with Gasteiger partial charge in [-0.25, -0.2) is 4.98 Å². The van der Waals surface area contributed by atoms with Crippen LogP contribution in [0.1, 0.15) is 15.6 Å². The number of aryl methyl sites for hydroxylation is 1. The zero-order chi connectivity index (χ0) is 10.1. The zero-order valence-electron chi connectivity index (χ0n) is 6.98.